The zero-order valence-corrected chi connectivity index (χ0v) is 12.4. The quantitative estimate of drug-likeness (QED) is 0.621. The fourth-order valence-corrected chi connectivity index (χ4v) is 3.73. The fraction of sp³-hybridized carbons (Fsp3) is 0.833. The Morgan fingerprint density at radius 1 is 1.28 bits per heavy atom. The van der Waals surface area contributed by atoms with Gasteiger partial charge in [0.1, 0.15) is 0 Å². The minimum atomic E-state index is -0.728. The van der Waals surface area contributed by atoms with Crippen molar-refractivity contribution in [3.63, 3.8) is 0 Å². The molecule has 0 heterocycles. The monoisotopic (exact) mass is 294 g/mol. The summed E-state index contributed by atoms with van der Waals surface area (Å²) >= 11 is 10.9. The van der Waals surface area contributed by atoms with Crippen LogP contribution in [-0.4, -0.2) is 22.7 Å². The van der Waals surface area contributed by atoms with E-state index < -0.39 is 22.1 Å². The van der Waals surface area contributed by atoms with Crippen molar-refractivity contribution in [1.29, 1.82) is 0 Å². The summed E-state index contributed by atoms with van der Waals surface area (Å²) in [7, 11) is 0. The molecule has 0 aliphatic heterocycles. The van der Waals surface area contributed by atoms with Crippen molar-refractivity contribution in [3.05, 3.63) is 0 Å². The molecular formula is C12H20Cl2N2O2. The SMILES string of the molecule is CC1(C)CC(NC(=O)Cl)CC(C)(C(N)C(=O)Cl)C1. The lowest BCUT2D eigenvalue weighted by atomic mass is 9.60. The number of carbonyl (C=O) groups is 2. The summed E-state index contributed by atoms with van der Waals surface area (Å²) in [5.41, 5.74) is 5.46. The fourth-order valence-electron chi connectivity index (χ4n) is 3.31. The highest BCUT2D eigenvalue weighted by Crippen LogP contribution is 2.47. The van der Waals surface area contributed by atoms with Gasteiger partial charge in [-0.05, 0) is 53.3 Å². The van der Waals surface area contributed by atoms with Crippen LogP contribution in [0.4, 0.5) is 4.79 Å². The first kappa shape index (κ1) is 15.7. The van der Waals surface area contributed by atoms with Gasteiger partial charge in [0.05, 0.1) is 6.04 Å². The summed E-state index contributed by atoms with van der Waals surface area (Å²) in [4.78, 5) is 22.3. The number of amides is 1. The molecule has 0 aromatic carbocycles. The van der Waals surface area contributed by atoms with Gasteiger partial charge in [0.25, 0.3) is 0 Å². The molecule has 6 heteroatoms. The molecule has 3 N–H and O–H groups in total. The van der Waals surface area contributed by atoms with Gasteiger partial charge in [-0.3, -0.25) is 9.59 Å². The van der Waals surface area contributed by atoms with E-state index in [1.165, 1.54) is 0 Å². The topological polar surface area (TPSA) is 72.2 Å². The molecule has 1 amide bonds. The highest BCUT2D eigenvalue weighted by atomic mass is 35.5. The third-order valence-electron chi connectivity index (χ3n) is 3.71. The van der Waals surface area contributed by atoms with E-state index in [1.54, 1.807) is 0 Å². The van der Waals surface area contributed by atoms with Crippen molar-refractivity contribution in [2.75, 3.05) is 0 Å². The molecule has 3 unspecified atom stereocenters. The molecule has 0 aromatic rings. The Morgan fingerprint density at radius 2 is 1.83 bits per heavy atom. The van der Waals surface area contributed by atoms with E-state index in [0.717, 1.165) is 12.8 Å². The van der Waals surface area contributed by atoms with E-state index >= 15 is 0 Å². The first-order valence-electron chi connectivity index (χ1n) is 5.97. The van der Waals surface area contributed by atoms with E-state index in [1.807, 2.05) is 6.92 Å². The second-order valence-corrected chi connectivity index (χ2v) is 7.02. The minimum Gasteiger partial charge on any atom is -0.340 e. The number of hydrogen-bond acceptors (Lipinski definition) is 3. The summed E-state index contributed by atoms with van der Waals surface area (Å²) in [6.07, 6.45) is 2.20. The van der Waals surface area contributed by atoms with Crippen LogP contribution < -0.4 is 11.1 Å². The van der Waals surface area contributed by atoms with Gasteiger partial charge in [0, 0.05) is 6.04 Å². The van der Waals surface area contributed by atoms with Crippen LogP contribution in [0.3, 0.4) is 0 Å². The van der Waals surface area contributed by atoms with Crippen LogP contribution >= 0.6 is 23.2 Å². The molecule has 104 valence electrons. The molecule has 0 spiro atoms. The summed E-state index contributed by atoms with van der Waals surface area (Å²) in [6.45, 7) is 6.11. The molecule has 0 radical (unpaired) electrons. The maximum absolute atomic E-state index is 11.3. The summed E-state index contributed by atoms with van der Waals surface area (Å²) in [5.74, 6) is 0. The molecule has 4 nitrogen and oxygen atoms in total. The maximum Gasteiger partial charge on any atom is 0.314 e. The van der Waals surface area contributed by atoms with Crippen molar-refractivity contribution in [1.82, 2.24) is 5.32 Å². The second-order valence-electron chi connectivity index (χ2n) is 6.30. The highest BCUT2D eigenvalue weighted by Gasteiger charge is 2.46. The predicted octanol–water partition coefficient (Wildman–Crippen LogP) is 2.61. The van der Waals surface area contributed by atoms with Gasteiger partial charge >= 0.3 is 5.37 Å². The Morgan fingerprint density at radius 3 is 2.28 bits per heavy atom. The lowest BCUT2D eigenvalue weighted by Crippen LogP contribution is -2.54. The van der Waals surface area contributed by atoms with E-state index in [-0.39, 0.29) is 11.5 Å². The Balaban J connectivity index is 2.92. The summed E-state index contributed by atoms with van der Waals surface area (Å²) in [5, 5.41) is 1.59. The van der Waals surface area contributed by atoms with Crippen LogP contribution in [0.15, 0.2) is 0 Å². The van der Waals surface area contributed by atoms with Gasteiger partial charge in [-0.2, -0.15) is 0 Å². The second kappa shape index (κ2) is 5.35. The van der Waals surface area contributed by atoms with Crippen LogP contribution in [-0.2, 0) is 4.79 Å². The molecule has 18 heavy (non-hydrogen) atoms. The number of carbonyl (C=O) groups excluding carboxylic acids is 2. The molecule has 1 aliphatic rings. The molecular weight excluding hydrogens is 275 g/mol. The number of halogens is 2. The highest BCUT2D eigenvalue weighted by molar-refractivity contribution is 6.64. The van der Waals surface area contributed by atoms with Gasteiger partial charge in [-0.25, -0.2) is 0 Å². The molecule has 1 saturated carbocycles. The number of nitrogens with one attached hydrogen (secondary N) is 1. The van der Waals surface area contributed by atoms with Crippen LogP contribution in [0.5, 0.6) is 0 Å². The first-order chi connectivity index (χ1) is 8.06. The zero-order valence-electron chi connectivity index (χ0n) is 10.9. The Labute approximate surface area is 118 Å². The average molecular weight is 295 g/mol. The van der Waals surface area contributed by atoms with Gasteiger partial charge in [-0.1, -0.05) is 20.8 Å². The Kier molecular flexibility index (Phi) is 4.68. The lowest BCUT2D eigenvalue weighted by Gasteiger charge is -2.48. The third kappa shape index (κ3) is 3.84. The predicted molar refractivity (Wildman–Crippen MR) is 72.7 cm³/mol. The van der Waals surface area contributed by atoms with E-state index in [0.29, 0.717) is 6.42 Å². The van der Waals surface area contributed by atoms with Crippen LogP contribution in [0, 0.1) is 10.8 Å². The standard InChI is InChI=1S/C12H20Cl2N2O2/c1-11(2)4-7(16-10(14)18)5-12(3,6-11)8(15)9(13)17/h7-8H,4-6,15H2,1-3H3,(H,16,18). The van der Waals surface area contributed by atoms with Crippen molar-refractivity contribution in [2.45, 2.75) is 52.1 Å². The average Bonchev–Trinajstić information content (AvgIpc) is 2.11. The van der Waals surface area contributed by atoms with Crippen molar-refractivity contribution in [3.8, 4) is 0 Å². The number of hydrogen-bond donors (Lipinski definition) is 2. The van der Waals surface area contributed by atoms with Gasteiger partial charge < -0.3 is 11.1 Å². The van der Waals surface area contributed by atoms with Crippen molar-refractivity contribution < 1.29 is 9.59 Å². The Hall–Kier alpha value is -0.320. The van der Waals surface area contributed by atoms with E-state index in [4.69, 9.17) is 28.9 Å². The molecule has 3 atom stereocenters. The summed E-state index contributed by atoms with van der Waals surface area (Å²) < 4.78 is 0. The molecule has 1 fully saturated rings. The lowest BCUT2D eigenvalue weighted by molar-refractivity contribution is -0.116. The van der Waals surface area contributed by atoms with E-state index in [9.17, 15) is 9.59 Å². The molecule has 1 rings (SSSR count). The van der Waals surface area contributed by atoms with Crippen molar-refractivity contribution in [2.24, 2.45) is 16.6 Å². The molecule has 0 saturated heterocycles. The van der Waals surface area contributed by atoms with Gasteiger partial charge in [-0.15, -0.1) is 0 Å². The molecule has 0 bridgehead atoms. The van der Waals surface area contributed by atoms with Gasteiger partial charge in [0.2, 0.25) is 5.24 Å². The first-order valence-corrected chi connectivity index (χ1v) is 6.72. The van der Waals surface area contributed by atoms with Crippen LogP contribution in [0.2, 0.25) is 0 Å². The Bertz CT molecular complexity index is 360. The van der Waals surface area contributed by atoms with Gasteiger partial charge in [0.15, 0.2) is 0 Å². The normalized spacial score (nSPS) is 32.7. The molecule has 1 aliphatic carbocycles. The minimum absolute atomic E-state index is 0.0268. The smallest absolute Gasteiger partial charge is 0.314 e. The van der Waals surface area contributed by atoms with Crippen LogP contribution in [0.1, 0.15) is 40.0 Å². The number of rotatable bonds is 3. The van der Waals surface area contributed by atoms with E-state index in [2.05, 4.69) is 19.2 Å². The summed E-state index contributed by atoms with van der Waals surface area (Å²) in [6, 6.07) is -0.806. The maximum atomic E-state index is 11.3. The molecule has 0 aromatic heterocycles. The third-order valence-corrected chi connectivity index (χ3v) is 4.05. The van der Waals surface area contributed by atoms with Crippen molar-refractivity contribution >= 4 is 33.8 Å². The van der Waals surface area contributed by atoms with Crippen LogP contribution in [0.25, 0.3) is 0 Å². The largest absolute Gasteiger partial charge is 0.340 e. The number of nitrogens with two attached hydrogens (primary N) is 1. The zero-order chi connectivity index (χ0) is 14.1.